The van der Waals surface area contributed by atoms with Gasteiger partial charge >= 0.3 is 5.97 Å². The van der Waals surface area contributed by atoms with Crippen molar-refractivity contribution in [3.63, 3.8) is 0 Å². The fraction of sp³-hybridized carbons (Fsp3) is 0.235. The van der Waals surface area contributed by atoms with E-state index in [4.69, 9.17) is 14.9 Å². The monoisotopic (exact) mass is 321 g/mol. The van der Waals surface area contributed by atoms with Gasteiger partial charge in [0.05, 0.1) is 13.0 Å². The van der Waals surface area contributed by atoms with E-state index in [2.05, 4.69) is 0 Å². The first-order valence-electron chi connectivity index (χ1n) is 6.53. The molecule has 0 bridgehead atoms. The van der Waals surface area contributed by atoms with E-state index < -0.39 is 0 Å². The zero-order valence-electron chi connectivity index (χ0n) is 11.6. The van der Waals surface area contributed by atoms with E-state index in [0.29, 0.717) is 12.3 Å². The number of halogens is 1. The molecule has 0 saturated heterocycles. The molecular formula is C17H20ClNO3. The van der Waals surface area contributed by atoms with Gasteiger partial charge in [0.2, 0.25) is 0 Å². The number of carbonyl (C=O) groups is 1. The number of hydrogen-bond acceptors (Lipinski definition) is 4. The van der Waals surface area contributed by atoms with Crippen LogP contribution in [0.1, 0.15) is 19.9 Å². The van der Waals surface area contributed by atoms with Gasteiger partial charge in [-0.25, -0.2) is 0 Å². The SMILES string of the molecule is C.CCOC(=O)Cc1ccc2c(c1)oc1ccc(N)cc12.Cl. The summed E-state index contributed by atoms with van der Waals surface area (Å²) in [4.78, 5) is 11.5. The summed E-state index contributed by atoms with van der Waals surface area (Å²) in [6.07, 6.45) is 0.253. The van der Waals surface area contributed by atoms with Crippen LogP contribution in [0.2, 0.25) is 0 Å². The zero-order valence-corrected chi connectivity index (χ0v) is 12.4. The van der Waals surface area contributed by atoms with Crippen LogP contribution in [-0.4, -0.2) is 12.6 Å². The lowest BCUT2D eigenvalue weighted by atomic mass is 10.1. The lowest BCUT2D eigenvalue weighted by molar-refractivity contribution is -0.142. The summed E-state index contributed by atoms with van der Waals surface area (Å²) in [5.41, 5.74) is 8.93. The molecule has 0 atom stereocenters. The number of anilines is 1. The molecule has 4 nitrogen and oxygen atoms in total. The molecule has 2 aromatic carbocycles. The number of nitrogens with two attached hydrogens (primary N) is 1. The second-order valence-electron chi connectivity index (χ2n) is 4.67. The molecule has 0 fully saturated rings. The second kappa shape index (κ2) is 7.18. The van der Waals surface area contributed by atoms with E-state index in [1.54, 1.807) is 6.92 Å². The van der Waals surface area contributed by atoms with Gasteiger partial charge in [-0.2, -0.15) is 0 Å². The Balaban J connectivity index is 0.00000121. The fourth-order valence-electron chi connectivity index (χ4n) is 2.33. The largest absolute Gasteiger partial charge is 0.466 e. The summed E-state index contributed by atoms with van der Waals surface area (Å²) >= 11 is 0. The molecule has 3 aromatic rings. The van der Waals surface area contributed by atoms with Crippen molar-refractivity contribution in [2.24, 2.45) is 0 Å². The van der Waals surface area contributed by atoms with Gasteiger partial charge in [0.1, 0.15) is 11.2 Å². The number of benzene rings is 2. The highest BCUT2D eigenvalue weighted by atomic mass is 35.5. The van der Waals surface area contributed by atoms with E-state index in [1.165, 1.54) is 0 Å². The highest BCUT2D eigenvalue weighted by Gasteiger charge is 2.10. The third-order valence-electron chi connectivity index (χ3n) is 3.21. The van der Waals surface area contributed by atoms with Crippen molar-refractivity contribution in [1.82, 2.24) is 0 Å². The average molecular weight is 322 g/mol. The van der Waals surface area contributed by atoms with Crippen LogP contribution >= 0.6 is 12.4 Å². The number of carbonyl (C=O) groups excluding carboxylic acids is 1. The Bertz CT molecular complexity index is 795. The minimum atomic E-state index is -0.229. The van der Waals surface area contributed by atoms with Gasteiger partial charge in [-0.1, -0.05) is 19.6 Å². The van der Waals surface area contributed by atoms with E-state index in [-0.39, 0.29) is 32.2 Å². The summed E-state index contributed by atoms with van der Waals surface area (Å²) in [6, 6.07) is 11.3. The van der Waals surface area contributed by atoms with E-state index >= 15 is 0 Å². The first-order chi connectivity index (χ1) is 9.67. The lowest BCUT2D eigenvalue weighted by Crippen LogP contribution is -2.07. The number of ether oxygens (including phenoxy) is 1. The molecule has 5 heteroatoms. The molecule has 0 unspecified atom stereocenters. The summed E-state index contributed by atoms with van der Waals surface area (Å²) in [7, 11) is 0. The Kier molecular flexibility index (Phi) is 5.83. The number of nitrogen functional groups attached to an aromatic ring is 1. The Hall–Kier alpha value is -2.20. The predicted octanol–water partition coefficient (Wildman–Crippen LogP) is 4.33. The third kappa shape index (κ3) is 3.34. The van der Waals surface area contributed by atoms with Gasteiger partial charge in [-0.15, -0.1) is 12.4 Å². The third-order valence-corrected chi connectivity index (χ3v) is 3.21. The van der Waals surface area contributed by atoms with Gasteiger partial charge in [0.15, 0.2) is 0 Å². The molecule has 3 rings (SSSR count). The van der Waals surface area contributed by atoms with Crippen molar-refractivity contribution in [1.29, 1.82) is 0 Å². The van der Waals surface area contributed by atoms with Crippen molar-refractivity contribution < 1.29 is 13.9 Å². The molecule has 0 aliphatic heterocycles. The van der Waals surface area contributed by atoms with Crippen molar-refractivity contribution >= 4 is 46.0 Å². The Morgan fingerprint density at radius 3 is 2.64 bits per heavy atom. The van der Waals surface area contributed by atoms with Crippen LogP contribution in [0.5, 0.6) is 0 Å². The number of fused-ring (bicyclic) bond motifs is 3. The molecular weight excluding hydrogens is 302 g/mol. The maximum atomic E-state index is 11.5. The number of rotatable bonds is 3. The van der Waals surface area contributed by atoms with Crippen LogP contribution in [0.25, 0.3) is 21.9 Å². The molecule has 1 aromatic heterocycles. The van der Waals surface area contributed by atoms with Crippen molar-refractivity contribution in [2.75, 3.05) is 12.3 Å². The normalized spacial score (nSPS) is 10.0. The van der Waals surface area contributed by atoms with Gasteiger partial charge in [0.25, 0.3) is 0 Å². The summed E-state index contributed by atoms with van der Waals surface area (Å²) in [6.45, 7) is 2.19. The first kappa shape index (κ1) is 17.9. The minimum absolute atomic E-state index is 0. The fourth-order valence-corrected chi connectivity index (χ4v) is 2.33. The maximum absolute atomic E-state index is 11.5. The average Bonchev–Trinajstić information content (AvgIpc) is 2.76. The van der Waals surface area contributed by atoms with Crippen molar-refractivity contribution in [2.45, 2.75) is 20.8 Å². The Morgan fingerprint density at radius 1 is 1.14 bits per heavy atom. The highest BCUT2D eigenvalue weighted by molar-refractivity contribution is 6.06. The van der Waals surface area contributed by atoms with Crippen molar-refractivity contribution in [3.05, 3.63) is 42.0 Å². The van der Waals surface area contributed by atoms with Crippen LogP contribution < -0.4 is 5.73 Å². The van der Waals surface area contributed by atoms with E-state index in [1.807, 2.05) is 36.4 Å². The minimum Gasteiger partial charge on any atom is -0.466 e. The molecule has 2 N–H and O–H groups in total. The quantitative estimate of drug-likeness (QED) is 0.576. The standard InChI is InChI=1S/C16H15NO3.CH4.ClH/c1-2-19-16(18)8-10-3-5-12-13-9-11(17)4-6-14(13)20-15(12)7-10;;/h3-7,9H,2,8,17H2,1H3;1H4;1H. The molecule has 0 amide bonds. The molecule has 0 aliphatic carbocycles. The highest BCUT2D eigenvalue weighted by Crippen LogP contribution is 2.30. The van der Waals surface area contributed by atoms with Crippen molar-refractivity contribution in [3.8, 4) is 0 Å². The van der Waals surface area contributed by atoms with Crippen LogP contribution in [0.15, 0.2) is 40.8 Å². The summed E-state index contributed by atoms with van der Waals surface area (Å²) in [5, 5.41) is 1.99. The second-order valence-corrected chi connectivity index (χ2v) is 4.67. The van der Waals surface area contributed by atoms with Gasteiger partial charge in [-0.05, 0) is 36.8 Å². The van der Waals surface area contributed by atoms with Gasteiger partial charge in [-0.3, -0.25) is 4.79 Å². The van der Waals surface area contributed by atoms with Gasteiger partial charge in [0, 0.05) is 16.5 Å². The van der Waals surface area contributed by atoms with Crippen LogP contribution in [-0.2, 0) is 16.0 Å². The summed E-state index contributed by atoms with van der Waals surface area (Å²) in [5.74, 6) is -0.229. The number of furan rings is 1. The van der Waals surface area contributed by atoms with E-state index in [9.17, 15) is 4.79 Å². The van der Waals surface area contributed by atoms with Gasteiger partial charge < -0.3 is 14.9 Å². The Labute approximate surface area is 135 Å². The van der Waals surface area contributed by atoms with Crippen LogP contribution in [0.3, 0.4) is 0 Å². The van der Waals surface area contributed by atoms with Crippen LogP contribution in [0.4, 0.5) is 5.69 Å². The van der Waals surface area contributed by atoms with Crippen LogP contribution in [0, 0.1) is 0 Å². The zero-order chi connectivity index (χ0) is 14.1. The number of hydrogen-bond donors (Lipinski definition) is 1. The molecule has 22 heavy (non-hydrogen) atoms. The summed E-state index contributed by atoms with van der Waals surface area (Å²) < 4.78 is 10.7. The Morgan fingerprint density at radius 2 is 1.91 bits per heavy atom. The molecule has 0 spiro atoms. The topological polar surface area (TPSA) is 65.5 Å². The molecule has 0 aliphatic rings. The molecule has 0 radical (unpaired) electrons. The molecule has 1 heterocycles. The lowest BCUT2D eigenvalue weighted by Gasteiger charge is -2.01. The predicted molar refractivity (Wildman–Crippen MR) is 92.4 cm³/mol. The first-order valence-corrected chi connectivity index (χ1v) is 6.53. The number of esters is 1. The van der Waals surface area contributed by atoms with E-state index in [0.717, 1.165) is 27.5 Å². The molecule has 0 saturated carbocycles. The molecule has 118 valence electrons. The maximum Gasteiger partial charge on any atom is 0.310 e. The smallest absolute Gasteiger partial charge is 0.310 e.